The SMILES string of the molecule is CCCc1nc(CN(CCO)C(CC)CC)cs1. The molecule has 0 saturated heterocycles. The lowest BCUT2D eigenvalue weighted by atomic mass is 10.1. The predicted octanol–water partition coefficient (Wildman–Crippen LogP) is 3.08. The molecule has 1 N–H and O–H groups in total. The number of thiazole rings is 1. The number of aliphatic hydroxyl groups excluding tert-OH is 1. The molecule has 0 amide bonds. The summed E-state index contributed by atoms with van der Waals surface area (Å²) in [6.07, 6.45) is 4.49. The average molecular weight is 270 g/mol. The summed E-state index contributed by atoms with van der Waals surface area (Å²) in [5.74, 6) is 0. The van der Waals surface area contributed by atoms with E-state index in [4.69, 9.17) is 0 Å². The molecule has 0 aromatic carbocycles. The zero-order valence-corrected chi connectivity index (χ0v) is 12.7. The summed E-state index contributed by atoms with van der Waals surface area (Å²) in [6.45, 7) is 8.44. The Morgan fingerprint density at radius 1 is 1.33 bits per heavy atom. The molecule has 0 aliphatic carbocycles. The predicted molar refractivity (Wildman–Crippen MR) is 78.0 cm³/mol. The van der Waals surface area contributed by atoms with Crippen molar-refractivity contribution in [1.82, 2.24) is 9.88 Å². The standard InChI is InChI=1S/C14H26N2OS/c1-4-7-14-15-12(11-18-14)10-16(8-9-17)13(5-2)6-3/h11,13,17H,4-10H2,1-3H3. The van der Waals surface area contributed by atoms with Crippen molar-refractivity contribution in [1.29, 1.82) is 0 Å². The van der Waals surface area contributed by atoms with E-state index in [1.807, 2.05) is 0 Å². The van der Waals surface area contributed by atoms with Crippen molar-refractivity contribution in [3.63, 3.8) is 0 Å². The number of aromatic nitrogens is 1. The van der Waals surface area contributed by atoms with Crippen LogP contribution in [0.15, 0.2) is 5.38 Å². The van der Waals surface area contributed by atoms with Gasteiger partial charge in [-0.05, 0) is 25.7 Å². The number of aliphatic hydroxyl groups is 1. The Kier molecular flexibility index (Phi) is 7.47. The van der Waals surface area contributed by atoms with Crippen LogP contribution >= 0.6 is 11.3 Å². The van der Waals surface area contributed by atoms with Gasteiger partial charge in [0.2, 0.25) is 0 Å². The molecule has 104 valence electrons. The summed E-state index contributed by atoms with van der Waals surface area (Å²) < 4.78 is 0. The Hall–Kier alpha value is -0.450. The first-order valence-electron chi connectivity index (χ1n) is 7.03. The summed E-state index contributed by atoms with van der Waals surface area (Å²) in [4.78, 5) is 7.02. The Morgan fingerprint density at radius 3 is 2.61 bits per heavy atom. The van der Waals surface area contributed by atoms with Crippen LogP contribution in [-0.2, 0) is 13.0 Å². The van der Waals surface area contributed by atoms with E-state index in [9.17, 15) is 5.11 Å². The van der Waals surface area contributed by atoms with Gasteiger partial charge in [0.25, 0.3) is 0 Å². The van der Waals surface area contributed by atoms with Crippen molar-refractivity contribution in [3.8, 4) is 0 Å². The third-order valence-corrected chi connectivity index (χ3v) is 4.23. The summed E-state index contributed by atoms with van der Waals surface area (Å²) in [5, 5.41) is 12.6. The highest BCUT2D eigenvalue weighted by atomic mass is 32.1. The summed E-state index contributed by atoms with van der Waals surface area (Å²) in [7, 11) is 0. The molecule has 0 aliphatic heterocycles. The van der Waals surface area contributed by atoms with Crippen LogP contribution < -0.4 is 0 Å². The maximum atomic E-state index is 9.18. The van der Waals surface area contributed by atoms with Crippen molar-refractivity contribution >= 4 is 11.3 Å². The van der Waals surface area contributed by atoms with E-state index >= 15 is 0 Å². The van der Waals surface area contributed by atoms with Crippen LogP contribution in [-0.4, -0.2) is 34.2 Å². The van der Waals surface area contributed by atoms with Crippen LogP contribution in [0, 0.1) is 0 Å². The topological polar surface area (TPSA) is 36.4 Å². The molecule has 18 heavy (non-hydrogen) atoms. The zero-order valence-electron chi connectivity index (χ0n) is 11.9. The summed E-state index contributed by atoms with van der Waals surface area (Å²) in [5.41, 5.74) is 1.16. The highest BCUT2D eigenvalue weighted by molar-refractivity contribution is 7.09. The van der Waals surface area contributed by atoms with Crippen LogP contribution in [0.3, 0.4) is 0 Å². The van der Waals surface area contributed by atoms with Gasteiger partial charge in [0, 0.05) is 24.5 Å². The van der Waals surface area contributed by atoms with Crippen LogP contribution in [0.5, 0.6) is 0 Å². The first-order valence-corrected chi connectivity index (χ1v) is 7.91. The summed E-state index contributed by atoms with van der Waals surface area (Å²) >= 11 is 1.76. The van der Waals surface area contributed by atoms with Gasteiger partial charge in [-0.15, -0.1) is 11.3 Å². The number of aryl methyl sites for hydroxylation is 1. The first-order chi connectivity index (χ1) is 8.74. The fraction of sp³-hybridized carbons (Fsp3) is 0.786. The highest BCUT2D eigenvalue weighted by Gasteiger charge is 2.16. The third-order valence-electron chi connectivity index (χ3n) is 3.27. The van der Waals surface area contributed by atoms with Crippen molar-refractivity contribution in [2.45, 2.75) is 59.0 Å². The Labute approximate surface area is 115 Å². The molecule has 0 radical (unpaired) electrons. The molecule has 0 aliphatic rings. The van der Waals surface area contributed by atoms with Crippen LogP contribution in [0.1, 0.15) is 50.7 Å². The molecular weight excluding hydrogens is 244 g/mol. The lowest BCUT2D eigenvalue weighted by molar-refractivity contribution is 0.135. The van der Waals surface area contributed by atoms with E-state index in [1.165, 1.54) is 5.01 Å². The molecule has 4 heteroatoms. The Bertz CT molecular complexity index is 323. The monoisotopic (exact) mass is 270 g/mol. The number of hydrogen-bond acceptors (Lipinski definition) is 4. The first kappa shape index (κ1) is 15.6. The van der Waals surface area contributed by atoms with Gasteiger partial charge in [0.05, 0.1) is 17.3 Å². The smallest absolute Gasteiger partial charge is 0.0928 e. The van der Waals surface area contributed by atoms with Gasteiger partial charge >= 0.3 is 0 Å². The van der Waals surface area contributed by atoms with Gasteiger partial charge in [-0.3, -0.25) is 4.90 Å². The molecule has 3 nitrogen and oxygen atoms in total. The molecule has 0 bridgehead atoms. The van der Waals surface area contributed by atoms with Crippen LogP contribution in [0.25, 0.3) is 0 Å². The minimum atomic E-state index is 0.225. The second-order valence-corrected chi connectivity index (χ2v) is 5.59. The van der Waals surface area contributed by atoms with Gasteiger partial charge in [-0.1, -0.05) is 20.8 Å². The molecule has 1 aromatic rings. The quantitative estimate of drug-likeness (QED) is 0.749. The molecule has 0 unspecified atom stereocenters. The molecule has 1 aromatic heterocycles. The fourth-order valence-electron chi connectivity index (χ4n) is 2.28. The molecule has 1 heterocycles. The van der Waals surface area contributed by atoms with E-state index in [1.54, 1.807) is 11.3 Å². The maximum absolute atomic E-state index is 9.18. The normalized spacial score (nSPS) is 11.7. The van der Waals surface area contributed by atoms with Crippen molar-refractivity contribution in [3.05, 3.63) is 16.1 Å². The molecule has 1 rings (SSSR count). The molecular formula is C14H26N2OS. The number of nitrogens with zero attached hydrogens (tertiary/aromatic N) is 2. The lowest BCUT2D eigenvalue weighted by Gasteiger charge is -2.29. The van der Waals surface area contributed by atoms with Gasteiger partial charge in [0.1, 0.15) is 0 Å². The van der Waals surface area contributed by atoms with Crippen LogP contribution in [0.2, 0.25) is 0 Å². The number of hydrogen-bond donors (Lipinski definition) is 1. The third kappa shape index (κ3) is 4.67. The van der Waals surface area contributed by atoms with E-state index in [0.717, 1.165) is 44.5 Å². The molecule has 0 fully saturated rings. The van der Waals surface area contributed by atoms with Crippen LogP contribution in [0.4, 0.5) is 0 Å². The molecule has 0 spiro atoms. The van der Waals surface area contributed by atoms with E-state index < -0.39 is 0 Å². The summed E-state index contributed by atoms with van der Waals surface area (Å²) in [6, 6.07) is 0.550. The Balaban J connectivity index is 2.63. The molecule has 0 atom stereocenters. The average Bonchev–Trinajstić information content (AvgIpc) is 2.79. The largest absolute Gasteiger partial charge is 0.395 e. The molecule has 0 saturated carbocycles. The minimum absolute atomic E-state index is 0.225. The number of rotatable bonds is 9. The van der Waals surface area contributed by atoms with Crippen molar-refractivity contribution in [2.75, 3.05) is 13.2 Å². The van der Waals surface area contributed by atoms with E-state index in [2.05, 4.69) is 36.0 Å². The van der Waals surface area contributed by atoms with E-state index in [-0.39, 0.29) is 6.61 Å². The van der Waals surface area contributed by atoms with E-state index in [0.29, 0.717) is 6.04 Å². The van der Waals surface area contributed by atoms with Crippen molar-refractivity contribution < 1.29 is 5.11 Å². The highest BCUT2D eigenvalue weighted by Crippen LogP contribution is 2.16. The second kappa shape index (κ2) is 8.62. The van der Waals surface area contributed by atoms with Gasteiger partial charge in [-0.2, -0.15) is 0 Å². The lowest BCUT2D eigenvalue weighted by Crippen LogP contribution is -2.36. The zero-order chi connectivity index (χ0) is 13.4. The van der Waals surface area contributed by atoms with Crippen molar-refractivity contribution in [2.24, 2.45) is 0 Å². The second-order valence-electron chi connectivity index (χ2n) is 4.65. The van der Waals surface area contributed by atoms with Gasteiger partial charge in [0.15, 0.2) is 0 Å². The maximum Gasteiger partial charge on any atom is 0.0928 e. The minimum Gasteiger partial charge on any atom is -0.395 e. The Morgan fingerprint density at radius 2 is 2.06 bits per heavy atom. The van der Waals surface area contributed by atoms with Gasteiger partial charge in [-0.25, -0.2) is 4.98 Å². The van der Waals surface area contributed by atoms with Gasteiger partial charge < -0.3 is 5.11 Å². The fourth-order valence-corrected chi connectivity index (χ4v) is 3.17.